The molecule has 31 heavy (non-hydrogen) atoms. The molecule has 1 aliphatic carbocycles. The fourth-order valence-corrected chi connectivity index (χ4v) is 3.99. The van der Waals surface area contributed by atoms with Crippen LogP contribution in [0.1, 0.15) is 52.5 Å². The van der Waals surface area contributed by atoms with E-state index in [1.807, 2.05) is 26.0 Å². The summed E-state index contributed by atoms with van der Waals surface area (Å²) in [5, 5.41) is 0. The third kappa shape index (κ3) is 4.48. The minimum Gasteiger partial charge on any atom is -0.342 e. The zero-order valence-corrected chi connectivity index (χ0v) is 17.2. The Balaban J connectivity index is 1.46. The van der Waals surface area contributed by atoms with Crippen molar-refractivity contribution in [1.82, 2.24) is 15.0 Å². The molecule has 0 atom stereocenters. The van der Waals surface area contributed by atoms with E-state index in [9.17, 15) is 22.0 Å². The van der Waals surface area contributed by atoms with Crippen LogP contribution in [-0.2, 0) is 19.0 Å². The van der Waals surface area contributed by atoms with Gasteiger partial charge in [0.1, 0.15) is 11.5 Å². The number of hydrogen-bond acceptors (Lipinski definition) is 2. The van der Waals surface area contributed by atoms with Gasteiger partial charge in [-0.1, -0.05) is 18.2 Å². The molecule has 8 heteroatoms. The molecule has 0 unspecified atom stereocenters. The second kappa shape index (κ2) is 7.73. The van der Waals surface area contributed by atoms with E-state index in [1.54, 1.807) is 6.20 Å². The fourth-order valence-electron chi connectivity index (χ4n) is 3.99. The monoisotopic (exact) mass is 435 g/mol. The van der Waals surface area contributed by atoms with Crippen LogP contribution >= 0.6 is 0 Å². The topological polar surface area (TPSA) is 41.6 Å². The van der Waals surface area contributed by atoms with Crippen molar-refractivity contribution in [2.45, 2.75) is 57.5 Å². The number of alkyl halides is 5. The number of aromatic nitrogens is 3. The standard InChI is InChI=1S/C23H22F5N3/c1-13-14(2)18(19-12-30-21(31-19)17-9-22(24,25)10-17)7-6-16(13)5-3-15-4-8-20(29-11-15)23(26,27)28/h4,6-8,11-12,17H,3,5,9-10H2,1-2H3,(H,30,31). The third-order valence-electron chi connectivity index (χ3n) is 6.06. The molecule has 0 saturated heterocycles. The molecule has 164 valence electrons. The zero-order valence-electron chi connectivity index (χ0n) is 17.2. The molecule has 0 aliphatic heterocycles. The summed E-state index contributed by atoms with van der Waals surface area (Å²) in [7, 11) is 0. The van der Waals surface area contributed by atoms with Crippen molar-refractivity contribution in [3.8, 4) is 11.3 Å². The Morgan fingerprint density at radius 3 is 2.32 bits per heavy atom. The van der Waals surface area contributed by atoms with Gasteiger partial charge in [-0.25, -0.2) is 13.8 Å². The summed E-state index contributed by atoms with van der Waals surface area (Å²) in [6.45, 7) is 3.99. The predicted octanol–water partition coefficient (Wildman–Crippen LogP) is 6.41. The van der Waals surface area contributed by atoms with E-state index in [2.05, 4.69) is 15.0 Å². The van der Waals surface area contributed by atoms with Gasteiger partial charge in [0.2, 0.25) is 5.92 Å². The molecular formula is C23H22F5N3. The molecule has 4 rings (SSSR count). The van der Waals surface area contributed by atoms with Gasteiger partial charge in [0, 0.05) is 30.5 Å². The minimum atomic E-state index is -4.44. The highest BCUT2D eigenvalue weighted by molar-refractivity contribution is 5.66. The minimum absolute atomic E-state index is 0.171. The molecule has 2 aromatic heterocycles. The fraction of sp³-hybridized carbons (Fsp3) is 0.391. The van der Waals surface area contributed by atoms with Gasteiger partial charge in [0.25, 0.3) is 0 Å². The average molecular weight is 435 g/mol. The number of H-pyrrole nitrogens is 1. The lowest BCUT2D eigenvalue weighted by molar-refractivity contribution is -0.141. The van der Waals surface area contributed by atoms with E-state index in [0.29, 0.717) is 18.7 Å². The molecule has 3 aromatic rings. The maximum absolute atomic E-state index is 13.1. The normalized spacial score (nSPS) is 16.4. The van der Waals surface area contributed by atoms with Crippen LogP contribution < -0.4 is 0 Å². The molecule has 3 nitrogen and oxygen atoms in total. The largest absolute Gasteiger partial charge is 0.433 e. The lowest BCUT2D eigenvalue weighted by Gasteiger charge is -2.33. The average Bonchev–Trinajstić information content (AvgIpc) is 3.16. The Bertz CT molecular complexity index is 1080. The van der Waals surface area contributed by atoms with Crippen LogP contribution in [0.15, 0.2) is 36.7 Å². The van der Waals surface area contributed by atoms with Crippen molar-refractivity contribution >= 4 is 0 Å². The number of nitrogens with one attached hydrogen (secondary N) is 1. The maximum atomic E-state index is 13.1. The van der Waals surface area contributed by atoms with Gasteiger partial charge in [0.05, 0.1) is 11.9 Å². The van der Waals surface area contributed by atoms with Gasteiger partial charge in [-0.05, 0) is 55.0 Å². The molecule has 1 saturated carbocycles. The van der Waals surface area contributed by atoms with Crippen molar-refractivity contribution in [2.75, 3.05) is 0 Å². The van der Waals surface area contributed by atoms with Crippen LogP contribution in [0.4, 0.5) is 22.0 Å². The van der Waals surface area contributed by atoms with Crippen molar-refractivity contribution in [3.05, 3.63) is 70.4 Å². The number of rotatable bonds is 5. The Labute approximate surface area is 176 Å². The molecule has 0 spiro atoms. The molecule has 2 heterocycles. The first-order valence-corrected chi connectivity index (χ1v) is 10.1. The summed E-state index contributed by atoms with van der Waals surface area (Å²) in [5.41, 5.74) is 4.84. The van der Waals surface area contributed by atoms with Crippen LogP contribution in [0.2, 0.25) is 0 Å². The highest BCUT2D eigenvalue weighted by Gasteiger charge is 2.47. The van der Waals surface area contributed by atoms with Crippen molar-refractivity contribution < 1.29 is 22.0 Å². The second-order valence-corrected chi connectivity index (χ2v) is 8.21. The summed E-state index contributed by atoms with van der Waals surface area (Å²) in [5.74, 6) is -2.23. The zero-order chi connectivity index (χ0) is 22.4. The Morgan fingerprint density at radius 2 is 1.71 bits per heavy atom. The van der Waals surface area contributed by atoms with E-state index in [-0.39, 0.29) is 18.8 Å². The Hall–Kier alpha value is -2.77. The van der Waals surface area contributed by atoms with Crippen LogP contribution in [0.25, 0.3) is 11.3 Å². The molecule has 1 aromatic carbocycles. The molecule has 1 aliphatic rings. The first kappa shape index (κ1) is 21.5. The molecule has 0 amide bonds. The van der Waals surface area contributed by atoms with E-state index < -0.39 is 17.8 Å². The maximum Gasteiger partial charge on any atom is 0.433 e. The van der Waals surface area contributed by atoms with Gasteiger partial charge in [0.15, 0.2) is 0 Å². The van der Waals surface area contributed by atoms with Crippen molar-refractivity contribution in [1.29, 1.82) is 0 Å². The number of pyridine rings is 1. The highest BCUT2D eigenvalue weighted by Crippen LogP contribution is 2.47. The van der Waals surface area contributed by atoms with Crippen LogP contribution in [0.5, 0.6) is 0 Å². The van der Waals surface area contributed by atoms with E-state index in [4.69, 9.17) is 0 Å². The van der Waals surface area contributed by atoms with Crippen LogP contribution in [0, 0.1) is 13.8 Å². The molecule has 1 fully saturated rings. The highest BCUT2D eigenvalue weighted by atomic mass is 19.4. The van der Waals surface area contributed by atoms with Gasteiger partial charge in [-0.3, -0.25) is 4.98 Å². The third-order valence-corrected chi connectivity index (χ3v) is 6.06. The van der Waals surface area contributed by atoms with Gasteiger partial charge < -0.3 is 4.98 Å². The second-order valence-electron chi connectivity index (χ2n) is 8.21. The van der Waals surface area contributed by atoms with Crippen molar-refractivity contribution in [2.24, 2.45) is 0 Å². The van der Waals surface area contributed by atoms with Gasteiger partial charge in [-0.2, -0.15) is 13.2 Å². The molecule has 0 bridgehead atoms. The van der Waals surface area contributed by atoms with Crippen LogP contribution in [-0.4, -0.2) is 20.9 Å². The van der Waals surface area contributed by atoms with Gasteiger partial charge in [-0.15, -0.1) is 0 Å². The van der Waals surface area contributed by atoms with E-state index in [0.717, 1.165) is 39.6 Å². The summed E-state index contributed by atoms with van der Waals surface area (Å²) < 4.78 is 64.2. The number of imidazole rings is 1. The number of halogens is 5. The smallest absolute Gasteiger partial charge is 0.342 e. The SMILES string of the molecule is Cc1c(CCc2ccc(C(F)(F)F)nc2)ccc(-c2cnc(C3CC(F)(F)C3)[nH]2)c1C. The predicted molar refractivity (Wildman–Crippen MR) is 107 cm³/mol. The van der Waals surface area contributed by atoms with Gasteiger partial charge >= 0.3 is 6.18 Å². The van der Waals surface area contributed by atoms with Crippen molar-refractivity contribution in [3.63, 3.8) is 0 Å². The quantitative estimate of drug-likeness (QED) is 0.471. The molecular weight excluding hydrogens is 413 g/mol. The Kier molecular flexibility index (Phi) is 5.35. The number of nitrogens with zero attached hydrogens (tertiary/aromatic N) is 2. The van der Waals surface area contributed by atoms with E-state index >= 15 is 0 Å². The summed E-state index contributed by atoms with van der Waals surface area (Å²) >= 11 is 0. The summed E-state index contributed by atoms with van der Waals surface area (Å²) in [6.07, 6.45) is -0.573. The molecule has 0 radical (unpaired) electrons. The Morgan fingerprint density at radius 1 is 0.968 bits per heavy atom. The summed E-state index contributed by atoms with van der Waals surface area (Å²) in [6, 6.07) is 6.43. The lowest BCUT2D eigenvalue weighted by atomic mass is 9.81. The lowest BCUT2D eigenvalue weighted by Crippen LogP contribution is -2.34. The first-order valence-electron chi connectivity index (χ1n) is 10.1. The molecule has 1 N–H and O–H groups in total. The number of benzene rings is 1. The number of aryl methyl sites for hydroxylation is 2. The van der Waals surface area contributed by atoms with Crippen LogP contribution in [0.3, 0.4) is 0 Å². The summed E-state index contributed by atoms with van der Waals surface area (Å²) in [4.78, 5) is 11.0. The van der Waals surface area contributed by atoms with E-state index in [1.165, 1.54) is 12.3 Å². The first-order chi connectivity index (χ1) is 14.5. The number of hydrogen-bond donors (Lipinski definition) is 1. The number of aromatic amines is 1.